The quantitative estimate of drug-likeness (QED) is 0.521. The summed E-state index contributed by atoms with van der Waals surface area (Å²) in [7, 11) is 0. The molecule has 0 fully saturated rings. The second-order valence-corrected chi connectivity index (χ2v) is 2.46. The van der Waals surface area contributed by atoms with Crippen molar-refractivity contribution in [2.45, 2.75) is 6.42 Å². The topological polar surface area (TPSA) is 72.2 Å². The summed E-state index contributed by atoms with van der Waals surface area (Å²) in [6, 6.07) is 0. The molecule has 0 aliphatic heterocycles. The van der Waals surface area contributed by atoms with E-state index in [4.69, 9.17) is 5.73 Å². The second-order valence-electron chi connectivity index (χ2n) is 1.70. The predicted octanol–water partition coefficient (Wildman–Crippen LogP) is -0.587. The predicted molar refractivity (Wildman–Crippen MR) is 45.7 cm³/mol. The third-order valence-electron chi connectivity index (χ3n) is 0.815. The Labute approximate surface area is 72.7 Å². The fourth-order valence-electron chi connectivity index (χ4n) is 0.372. The highest BCUT2D eigenvalue weighted by Crippen LogP contribution is 1.80. The lowest BCUT2D eigenvalue weighted by atomic mass is 10.4. The number of carbonyl (C=O) groups is 2. The van der Waals surface area contributed by atoms with E-state index in [0.717, 1.165) is 0 Å². The highest BCUT2D eigenvalue weighted by molar-refractivity contribution is 14.1. The first kappa shape index (κ1) is 9.67. The minimum absolute atomic E-state index is 0.0677. The lowest BCUT2D eigenvalue weighted by Gasteiger charge is -1.98. The molecule has 0 aromatic heterocycles. The summed E-state index contributed by atoms with van der Waals surface area (Å²) < 4.78 is 0.413. The van der Waals surface area contributed by atoms with Gasteiger partial charge in [0.2, 0.25) is 11.8 Å². The van der Waals surface area contributed by atoms with Crippen molar-refractivity contribution < 1.29 is 9.59 Å². The second kappa shape index (κ2) is 5.45. The first-order valence-electron chi connectivity index (χ1n) is 2.77. The van der Waals surface area contributed by atoms with E-state index < -0.39 is 5.91 Å². The minimum Gasteiger partial charge on any atom is -0.370 e. The summed E-state index contributed by atoms with van der Waals surface area (Å²) in [6.07, 6.45) is 0.211. The smallest absolute Gasteiger partial charge is 0.229 e. The average Bonchev–Trinajstić information content (AvgIpc) is 1.87. The van der Waals surface area contributed by atoms with E-state index >= 15 is 0 Å². The summed E-state index contributed by atoms with van der Waals surface area (Å²) in [5, 5.41) is 2.52. The zero-order valence-corrected chi connectivity index (χ0v) is 7.55. The Bertz CT molecular complexity index is 138. The molecule has 0 unspecified atom stereocenters. The van der Waals surface area contributed by atoms with Crippen molar-refractivity contribution >= 4 is 34.4 Å². The first-order valence-corrected chi connectivity index (χ1v) is 4.30. The highest BCUT2D eigenvalue weighted by atomic mass is 127. The van der Waals surface area contributed by atoms with Gasteiger partial charge in [0.1, 0.15) is 0 Å². The molecule has 0 spiro atoms. The van der Waals surface area contributed by atoms with Crippen LogP contribution >= 0.6 is 22.6 Å². The van der Waals surface area contributed by atoms with Gasteiger partial charge in [0.25, 0.3) is 0 Å². The maximum absolute atomic E-state index is 10.5. The number of alkyl halides is 1. The minimum atomic E-state index is -0.395. The van der Waals surface area contributed by atoms with Gasteiger partial charge in [-0.1, -0.05) is 22.6 Å². The standard InChI is InChI=1S/C5H9IN2O2/c6-3-5(10)8-2-1-4(7)9/h1-3H2,(H2,7,9)(H,8,10). The average molecular weight is 256 g/mol. The normalized spacial score (nSPS) is 8.90. The molecular weight excluding hydrogens is 247 g/mol. The molecule has 58 valence electrons. The van der Waals surface area contributed by atoms with Gasteiger partial charge in [-0.3, -0.25) is 9.59 Å². The molecule has 0 rings (SSSR count). The van der Waals surface area contributed by atoms with Gasteiger partial charge in [0, 0.05) is 13.0 Å². The van der Waals surface area contributed by atoms with Crippen molar-refractivity contribution in [1.29, 1.82) is 0 Å². The van der Waals surface area contributed by atoms with E-state index in [0.29, 0.717) is 11.0 Å². The van der Waals surface area contributed by atoms with Crippen molar-refractivity contribution in [3.8, 4) is 0 Å². The van der Waals surface area contributed by atoms with Crippen LogP contribution in [0.3, 0.4) is 0 Å². The maximum Gasteiger partial charge on any atom is 0.229 e. The van der Waals surface area contributed by atoms with E-state index in [1.807, 2.05) is 22.6 Å². The van der Waals surface area contributed by atoms with Crippen molar-refractivity contribution in [3.63, 3.8) is 0 Å². The summed E-state index contributed by atoms with van der Waals surface area (Å²) in [5.74, 6) is -0.462. The monoisotopic (exact) mass is 256 g/mol. The largest absolute Gasteiger partial charge is 0.370 e. The van der Waals surface area contributed by atoms with E-state index in [1.54, 1.807) is 0 Å². The molecule has 4 nitrogen and oxygen atoms in total. The molecule has 0 radical (unpaired) electrons. The van der Waals surface area contributed by atoms with Gasteiger partial charge in [0.05, 0.1) is 4.43 Å². The summed E-state index contributed by atoms with van der Waals surface area (Å²) in [5.41, 5.74) is 4.83. The van der Waals surface area contributed by atoms with Crippen LogP contribution < -0.4 is 11.1 Å². The number of amides is 2. The summed E-state index contributed by atoms with van der Waals surface area (Å²) in [4.78, 5) is 20.7. The van der Waals surface area contributed by atoms with Crippen molar-refractivity contribution in [2.24, 2.45) is 5.73 Å². The molecule has 0 bridgehead atoms. The van der Waals surface area contributed by atoms with Crippen LogP contribution in [0.5, 0.6) is 0 Å². The zero-order chi connectivity index (χ0) is 7.98. The molecule has 5 heteroatoms. The lowest BCUT2D eigenvalue weighted by Crippen LogP contribution is -2.28. The fraction of sp³-hybridized carbons (Fsp3) is 0.600. The third-order valence-corrected chi connectivity index (χ3v) is 1.51. The van der Waals surface area contributed by atoms with Gasteiger partial charge in [-0.05, 0) is 0 Å². The number of nitrogens with two attached hydrogens (primary N) is 1. The Morgan fingerprint density at radius 3 is 2.50 bits per heavy atom. The van der Waals surface area contributed by atoms with Gasteiger partial charge in [-0.15, -0.1) is 0 Å². The summed E-state index contributed by atoms with van der Waals surface area (Å²) in [6.45, 7) is 0.344. The number of nitrogens with one attached hydrogen (secondary N) is 1. The Morgan fingerprint density at radius 1 is 1.50 bits per heavy atom. The van der Waals surface area contributed by atoms with Crippen LogP contribution in [0.1, 0.15) is 6.42 Å². The van der Waals surface area contributed by atoms with Crippen LogP contribution in [0, 0.1) is 0 Å². The van der Waals surface area contributed by atoms with E-state index in [1.165, 1.54) is 0 Å². The Morgan fingerprint density at radius 2 is 2.10 bits per heavy atom. The molecule has 0 aromatic carbocycles. The van der Waals surface area contributed by atoms with Gasteiger partial charge in [-0.2, -0.15) is 0 Å². The molecule has 10 heavy (non-hydrogen) atoms. The molecular formula is C5H9IN2O2. The Hall–Kier alpha value is -0.330. The number of hydrogen-bond acceptors (Lipinski definition) is 2. The van der Waals surface area contributed by atoms with E-state index in [9.17, 15) is 9.59 Å². The number of hydrogen-bond donors (Lipinski definition) is 2. The number of rotatable bonds is 4. The Kier molecular flexibility index (Phi) is 5.27. The van der Waals surface area contributed by atoms with Gasteiger partial charge in [0.15, 0.2) is 0 Å². The number of halogens is 1. The molecule has 2 amide bonds. The van der Waals surface area contributed by atoms with Crippen molar-refractivity contribution in [3.05, 3.63) is 0 Å². The molecule has 0 aromatic rings. The Balaban J connectivity index is 3.20. The maximum atomic E-state index is 10.5. The third kappa shape index (κ3) is 5.80. The molecule has 0 saturated heterocycles. The number of carbonyl (C=O) groups excluding carboxylic acids is 2. The van der Waals surface area contributed by atoms with Crippen LogP contribution in [0.15, 0.2) is 0 Å². The molecule has 0 atom stereocenters. The van der Waals surface area contributed by atoms with Crippen LogP contribution in [0.2, 0.25) is 0 Å². The molecule has 0 heterocycles. The SMILES string of the molecule is NC(=O)CCNC(=O)CI. The van der Waals surface area contributed by atoms with E-state index in [2.05, 4.69) is 5.32 Å². The van der Waals surface area contributed by atoms with Crippen molar-refractivity contribution in [2.75, 3.05) is 11.0 Å². The van der Waals surface area contributed by atoms with Crippen LogP contribution in [-0.2, 0) is 9.59 Å². The van der Waals surface area contributed by atoms with Gasteiger partial charge >= 0.3 is 0 Å². The van der Waals surface area contributed by atoms with Gasteiger partial charge in [-0.25, -0.2) is 0 Å². The zero-order valence-electron chi connectivity index (χ0n) is 5.39. The van der Waals surface area contributed by atoms with Crippen LogP contribution in [0.4, 0.5) is 0 Å². The highest BCUT2D eigenvalue weighted by Gasteiger charge is 1.97. The van der Waals surface area contributed by atoms with Crippen LogP contribution in [-0.4, -0.2) is 22.8 Å². The van der Waals surface area contributed by atoms with Crippen LogP contribution in [0.25, 0.3) is 0 Å². The van der Waals surface area contributed by atoms with E-state index in [-0.39, 0.29) is 12.3 Å². The summed E-state index contributed by atoms with van der Waals surface area (Å²) >= 11 is 1.94. The fourth-order valence-corrected chi connectivity index (χ4v) is 0.642. The van der Waals surface area contributed by atoms with Crippen molar-refractivity contribution in [1.82, 2.24) is 5.32 Å². The molecule has 3 N–H and O–H groups in total. The molecule has 0 aliphatic rings. The number of primary amides is 1. The first-order chi connectivity index (χ1) is 4.66. The molecule has 0 saturated carbocycles. The molecule has 0 aliphatic carbocycles. The van der Waals surface area contributed by atoms with Gasteiger partial charge < -0.3 is 11.1 Å². The lowest BCUT2D eigenvalue weighted by molar-refractivity contribution is -0.119.